The molecule has 0 fully saturated rings. The van der Waals surface area contributed by atoms with Crippen LogP contribution in [-0.4, -0.2) is 19.2 Å². The zero-order chi connectivity index (χ0) is 12.8. The highest BCUT2D eigenvalue weighted by atomic mass is 35.5. The Balaban J connectivity index is 2.87. The van der Waals surface area contributed by atoms with E-state index in [0.29, 0.717) is 11.6 Å². The normalized spacial score (nSPS) is 12.0. The molecule has 0 bridgehead atoms. The predicted molar refractivity (Wildman–Crippen MR) is 67.5 cm³/mol. The first-order valence-corrected chi connectivity index (χ1v) is 6.08. The van der Waals surface area contributed by atoms with Gasteiger partial charge in [0.2, 0.25) is 0 Å². The highest BCUT2D eigenvalue weighted by Crippen LogP contribution is 2.23. The Bertz CT molecular complexity index is 390. The molecule has 1 aromatic carbocycles. The van der Waals surface area contributed by atoms with E-state index in [4.69, 9.17) is 16.3 Å². The Labute approximate surface area is 107 Å². The molecule has 0 aliphatic carbocycles. The van der Waals surface area contributed by atoms with Crippen molar-refractivity contribution >= 4 is 17.6 Å². The number of methoxy groups -OCH3 is 1. The van der Waals surface area contributed by atoms with Gasteiger partial charge in [0.25, 0.3) is 0 Å². The summed E-state index contributed by atoms with van der Waals surface area (Å²) in [6.45, 7) is 3.72. The molecule has 94 valence electrons. The van der Waals surface area contributed by atoms with Crippen LogP contribution in [0.25, 0.3) is 0 Å². The van der Waals surface area contributed by atoms with Crippen LogP contribution in [0.3, 0.4) is 0 Å². The van der Waals surface area contributed by atoms with Crippen LogP contribution in [0.15, 0.2) is 18.2 Å². The summed E-state index contributed by atoms with van der Waals surface area (Å²) in [6.07, 6.45) is 0.311. The molecule has 0 spiro atoms. The number of carbonyl (C=O) groups is 1. The van der Waals surface area contributed by atoms with Gasteiger partial charge in [-0.15, -0.1) is 11.6 Å². The van der Waals surface area contributed by atoms with Crippen LogP contribution >= 0.6 is 11.6 Å². The van der Waals surface area contributed by atoms with Crippen LogP contribution in [0.5, 0.6) is 5.75 Å². The van der Waals surface area contributed by atoms with Gasteiger partial charge in [-0.1, -0.05) is 19.1 Å². The Morgan fingerprint density at radius 3 is 2.71 bits per heavy atom. The summed E-state index contributed by atoms with van der Waals surface area (Å²) in [4.78, 5) is 11.3. The lowest BCUT2D eigenvalue weighted by molar-refractivity contribution is -0.147. The fourth-order valence-electron chi connectivity index (χ4n) is 1.48. The van der Waals surface area contributed by atoms with Crippen LogP contribution in [0.4, 0.5) is 0 Å². The summed E-state index contributed by atoms with van der Waals surface area (Å²) in [7, 11) is 1.34. The van der Waals surface area contributed by atoms with Crippen molar-refractivity contribution in [3.63, 3.8) is 0 Å². The molecule has 17 heavy (non-hydrogen) atoms. The van der Waals surface area contributed by atoms with Crippen molar-refractivity contribution in [3.05, 3.63) is 29.3 Å². The van der Waals surface area contributed by atoms with E-state index in [-0.39, 0.29) is 0 Å². The van der Waals surface area contributed by atoms with Crippen molar-refractivity contribution in [3.8, 4) is 5.75 Å². The van der Waals surface area contributed by atoms with E-state index in [1.54, 1.807) is 6.92 Å². The van der Waals surface area contributed by atoms with E-state index in [0.717, 1.165) is 12.0 Å². The van der Waals surface area contributed by atoms with Gasteiger partial charge in [0.1, 0.15) is 5.75 Å². The number of esters is 1. The molecule has 1 aromatic rings. The minimum absolute atomic E-state index is 0.358. The Morgan fingerprint density at radius 1 is 1.47 bits per heavy atom. The number of rotatable bonds is 5. The molecule has 4 heteroatoms. The highest BCUT2D eigenvalue weighted by molar-refractivity contribution is 6.17. The molecule has 1 unspecified atom stereocenters. The molecule has 1 rings (SSSR count). The first kappa shape index (κ1) is 13.8. The van der Waals surface area contributed by atoms with Crippen LogP contribution in [-0.2, 0) is 21.8 Å². The van der Waals surface area contributed by atoms with Crippen molar-refractivity contribution in [2.75, 3.05) is 7.11 Å². The van der Waals surface area contributed by atoms with Crippen molar-refractivity contribution in [1.29, 1.82) is 0 Å². The molecule has 0 aromatic heterocycles. The van der Waals surface area contributed by atoms with Crippen molar-refractivity contribution in [1.82, 2.24) is 0 Å². The third-order valence-electron chi connectivity index (χ3n) is 2.51. The maximum absolute atomic E-state index is 11.3. The molecule has 3 nitrogen and oxygen atoms in total. The largest absolute Gasteiger partial charge is 0.479 e. The molecule has 0 aliphatic rings. The quantitative estimate of drug-likeness (QED) is 0.600. The fourth-order valence-corrected chi connectivity index (χ4v) is 1.69. The van der Waals surface area contributed by atoms with Crippen LogP contribution in [0.2, 0.25) is 0 Å². The summed E-state index contributed by atoms with van der Waals surface area (Å²) < 4.78 is 10.1. The number of hydrogen-bond donors (Lipinski definition) is 0. The van der Waals surface area contributed by atoms with Gasteiger partial charge in [-0.05, 0) is 25.0 Å². The molecule has 0 N–H and O–H groups in total. The Hall–Kier alpha value is -1.22. The van der Waals surface area contributed by atoms with Crippen LogP contribution in [0, 0.1) is 0 Å². The van der Waals surface area contributed by atoms with Crippen molar-refractivity contribution in [2.45, 2.75) is 32.3 Å². The number of carbonyl (C=O) groups excluding carboxylic acids is 1. The molecule has 0 aliphatic heterocycles. The second kappa shape index (κ2) is 6.50. The SMILES string of the molecule is CCc1ccc(OC(C)C(=O)OC)c(CCl)c1. The van der Waals surface area contributed by atoms with E-state index < -0.39 is 12.1 Å². The zero-order valence-electron chi connectivity index (χ0n) is 10.3. The monoisotopic (exact) mass is 256 g/mol. The third kappa shape index (κ3) is 3.63. The van der Waals surface area contributed by atoms with Gasteiger partial charge in [0, 0.05) is 5.56 Å². The standard InChI is InChI=1S/C13H17ClO3/c1-4-10-5-6-12(11(7-10)8-14)17-9(2)13(15)16-3/h5-7,9H,4,8H2,1-3H3. The number of halogens is 1. The zero-order valence-corrected chi connectivity index (χ0v) is 11.1. The molecule has 1 atom stereocenters. The molecule has 0 radical (unpaired) electrons. The molecule has 0 amide bonds. The van der Waals surface area contributed by atoms with E-state index in [1.807, 2.05) is 18.2 Å². The number of aryl methyl sites for hydroxylation is 1. The summed E-state index contributed by atoms with van der Waals surface area (Å²) in [6, 6.07) is 5.80. The van der Waals surface area contributed by atoms with Crippen molar-refractivity contribution < 1.29 is 14.3 Å². The highest BCUT2D eigenvalue weighted by Gasteiger charge is 2.16. The van der Waals surface area contributed by atoms with Gasteiger partial charge >= 0.3 is 5.97 Å². The van der Waals surface area contributed by atoms with Crippen LogP contribution in [0.1, 0.15) is 25.0 Å². The average Bonchev–Trinajstić information content (AvgIpc) is 2.37. The van der Waals surface area contributed by atoms with Crippen LogP contribution < -0.4 is 4.74 Å². The summed E-state index contributed by atoms with van der Waals surface area (Å²) >= 11 is 5.86. The molecule has 0 heterocycles. The van der Waals surface area contributed by atoms with Gasteiger partial charge in [-0.3, -0.25) is 0 Å². The van der Waals surface area contributed by atoms with Gasteiger partial charge in [0.15, 0.2) is 6.10 Å². The smallest absolute Gasteiger partial charge is 0.346 e. The Morgan fingerprint density at radius 2 is 2.18 bits per heavy atom. The first-order valence-electron chi connectivity index (χ1n) is 5.54. The van der Waals surface area contributed by atoms with E-state index in [2.05, 4.69) is 11.7 Å². The lowest BCUT2D eigenvalue weighted by Crippen LogP contribution is -2.25. The van der Waals surface area contributed by atoms with Gasteiger partial charge in [-0.2, -0.15) is 0 Å². The first-order chi connectivity index (χ1) is 8.12. The predicted octanol–water partition coefficient (Wildman–Crippen LogP) is 2.93. The summed E-state index contributed by atoms with van der Waals surface area (Å²) in [5, 5.41) is 0. The number of alkyl halides is 1. The molecule has 0 saturated carbocycles. The van der Waals surface area contributed by atoms with Crippen molar-refractivity contribution in [2.24, 2.45) is 0 Å². The lowest BCUT2D eigenvalue weighted by atomic mass is 10.1. The lowest BCUT2D eigenvalue weighted by Gasteiger charge is -2.15. The minimum Gasteiger partial charge on any atom is -0.479 e. The minimum atomic E-state index is -0.630. The topological polar surface area (TPSA) is 35.5 Å². The second-order valence-corrected chi connectivity index (χ2v) is 3.98. The van der Waals surface area contributed by atoms with E-state index in [9.17, 15) is 4.79 Å². The summed E-state index contributed by atoms with van der Waals surface area (Å²) in [5.41, 5.74) is 2.08. The number of ether oxygens (including phenoxy) is 2. The second-order valence-electron chi connectivity index (χ2n) is 3.71. The van der Waals surface area contributed by atoms with Gasteiger partial charge in [0.05, 0.1) is 13.0 Å². The molecular formula is C13H17ClO3. The van der Waals surface area contributed by atoms with E-state index in [1.165, 1.54) is 12.7 Å². The fraction of sp³-hybridized carbons (Fsp3) is 0.462. The maximum atomic E-state index is 11.3. The van der Waals surface area contributed by atoms with Gasteiger partial charge in [-0.25, -0.2) is 4.79 Å². The summed E-state index contributed by atoms with van der Waals surface area (Å²) in [5.74, 6) is 0.594. The maximum Gasteiger partial charge on any atom is 0.346 e. The average molecular weight is 257 g/mol. The van der Waals surface area contributed by atoms with Gasteiger partial charge < -0.3 is 9.47 Å². The Kier molecular flexibility index (Phi) is 5.29. The number of benzene rings is 1. The third-order valence-corrected chi connectivity index (χ3v) is 2.80. The molecule has 0 saturated heterocycles. The molecular weight excluding hydrogens is 240 g/mol. The van der Waals surface area contributed by atoms with E-state index >= 15 is 0 Å². The number of hydrogen-bond acceptors (Lipinski definition) is 3.